The van der Waals surface area contributed by atoms with E-state index in [2.05, 4.69) is 10.3 Å². The van der Waals surface area contributed by atoms with Crippen molar-refractivity contribution in [1.29, 1.82) is 0 Å². The number of carboxylic acids is 1. The van der Waals surface area contributed by atoms with Crippen LogP contribution in [0.4, 0.5) is 15.2 Å². The van der Waals surface area contributed by atoms with Crippen LogP contribution < -0.4 is 10.4 Å². The molecule has 1 N–H and O–H groups in total. The molecule has 9 heteroatoms. The van der Waals surface area contributed by atoms with Gasteiger partial charge in [-0.2, -0.15) is 0 Å². The van der Waals surface area contributed by atoms with E-state index < -0.39 is 15.8 Å². The number of carbonyl (C=O) groups excluding carboxylic acids is 1. The highest BCUT2D eigenvalue weighted by molar-refractivity contribution is 7.90. The Hall–Kier alpha value is -3.56. The van der Waals surface area contributed by atoms with Crippen molar-refractivity contribution in [3.8, 4) is 21.7 Å². The molecular weight excluding hydrogens is 451 g/mol. The molecule has 0 aliphatic heterocycles. The maximum Gasteiger partial charge on any atom is 0.188 e. The number of sulfone groups is 1. The van der Waals surface area contributed by atoms with Gasteiger partial charge >= 0.3 is 0 Å². The van der Waals surface area contributed by atoms with Crippen molar-refractivity contribution < 1.29 is 22.7 Å². The molecule has 32 heavy (non-hydrogen) atoms. The normalized spacial score (nSPS) is 11.3. The highest BCUT2D eigenvalue weighted by Gasteiger charge is 2.17. The average Bonchev–Trinajstić information content (AvgIpc) is 3.18. The van der Waals surface area contributed by atoms with Crippen LogP contribution in [0.3, 0.4) is 0 Å². The minimum absolute atomic E-state index is 0.00918. The van der Waals surface area contributed by atoms with Crippen molar-refractivity contribution >= 4 is 38.0 Å². The molecule has 3 aromatic carbocycles. The molecule has 162 valence electrons. The van der Waals surface area contributed by atoms with E-state index in [9.17, 15) is 22.7 Å². The molecule has 0 bridgehead atoms. The summed E-state index contributed by atoms with van der Waals surface area (Å²) in [6, 6.07) is 18.5. The summed E-state index contributed by atoms with van der Waals surface area (Å²) in [5.74, 6) is -1.70. The number of hydrogen-bond donors (Lipinski definition) is 1. The summed E-state index contributed by atoms with van der Waals surface area (Å²) in [5, 5.41) is 14.9. The third kappa shape index (κ3) is 4.53. The van der Waals surface area contributed by atoms with Crippen LogP contribution in [0.5, 0.6) is 0 Å². The number of nitrogens with one attached hydrogen (secondary N) is 1. The Bertz CT molecular complexity index is 1400. The number of carboxylic acid groups (broad SMARTS) is 1. The fraction of sp³-hybridized carbons (Fsp3) is 0.0435. The van der Waals surface area contributed by atoms with Crippen molar-refractivity contribution in [1.82, 2.24) is 4.98 Å². The molecule has 4 aromatic rings. The highest BCUT2D eigenvalue weighted by atomic mass is 32.2. The predicted octanol–water partition coefficient (Wildman–Crippen LogP) is 4.13. The average molecular weight is 468 g/mol. The van der Waals surface area contributed by atoms with E-state index in [-0.39, 0.29) is 16.3 Å². The second kappa shape index (κ2) is 8.52. The first-order chi connectivity index (χ1) is 15.2. The summed E-state index contributed by atoms with van der Waals surface area (Å²) in [4.78, 5) is 16.9. The maximum absolute atomic E-state index is 13.4. The number of carbonyl (C=O) groups is 1. The molecule has 0 unspecified atom stereocenters. The Morgan fingerprint density at radius 3 is 2.22 bits per heavy atom. The fourth-order valence-corrected chi connectivity index (χ4v) is 4.75. The van der Waals surface area contributed by atoms with Crippen LogP contribution >= 0.6 is 11.3 Å². The zero-order valence-corrected chi connectivity index (χ0v) is 18.3. The van der Waals surface area contributed by atoms with Crippen LogP contribution in [0.25, 0.3) is 21.7 Å². The minimum atomic E-state index is -3.34. The van der Waals surface area contributed by atoms with Gasteiger partial charge in [0.1, 0.15) is 5.82 Å². The van der Waals surface area contributed by atoms with Crippen LogP contribution in [0.2, 0.25) is 0 Å². The predicted molar refractivity (Wildman–Crippen MR) is 120 cm³/mol. The minimum Gasteiger partial charge on any atom is -0.545 e. The van der Waals surface area contributed by atoms with Crippen LogP contribution in [-0.2, 0) is 9.84 Å². The third-order valence-corrected chi connectivity index (χ3v) is 6.83. The van der Waals surface area contributed by atoms with E-state index in [0.29, 0.717) is 27.0 Å². The van der Waals surface area contributed by atoms with Gasteiger partial charge in [-0.1, -0.05) is 41.7 Å². The Balaban J connectivity index is 1.81. The van der Waals surface area contributed by atoms with Gasteiger partial charge in [0.2, 0.25) is 0 Å². The number of para-hydroxylation sites is 1. The SMILES string of the molecule is CS(=O)(=O)c1ccc(-c2sc(Nc3ccccc3C(=O)[O-])nc2-c2ccc(F)cc2)cc1. The molecule has 0 saturated heterocycles. The molecule has 0 saturated carbocycles. The van der Waals surface area contributed by atoms with Crippen LogP contribution in [0.1, 0.15) is 10.4 Å². The zero-order valence-electron chi connectivity index (χ0n) is 16.7. The van der Waals surface area contributed by atoms with Gasteiger partial charge in [0.15, 0.2) is 15.0 Å². The number of halogens is 1. The maximum atomic E-state index is 13.4. The van der Waals surface area contributed by atoms with E-state index in [1.807, 2.05) is 0 Å². The van der Waals surface area contributed by atoms with E-state index in [1.165, 1.54) is 41.7 Å². The molecule has 0 aliphatic carbocycles. The molecule has 0 spiro atoms. The quantitative estimate of drug-likeness (QED) is 0.458. The first-order valence-corrected chi connectivity index (χ1v) is 12.1. The lowest BCUT2D eigenvalue weighted by Crippen LogP contribution is -2.23. The first-order valence-electron chi connectivity index (χ1n) is 9.37. The zero-order chi connectivity index (χ0) is 22.9. The standard InChI is InChI=1S/C23H17FN2O4S2/c1-32(29,30)17-12-8-15(9-13-17)21-20(14-6-10-16(24)11-7-14)26-23(31-21)25-19-5-3-2-4-18(19)22(27)28/h2-13H,1H3,(H,25,26)(H,27,28)/p-1. The lowest BCUT2D eigenvalue weighted by atomic mass is 10.1. The van der Waals surface area contributed by atoms with Gasteiger partial charge in [0, 0.05) is 23.1 Å². The number of benzene rings is 3. The summed E-state index contributed by atoms with van der Waals surface area (Å²) >= 11 is 1.26. The topological polar surface area (TPSA) is 99.2 Å². The molecule has 1 aromatic heterocycles. The fourth-order valence-electron chi connectivity index (χ4n) is 3.11. The molecule has 0 atom stereocenters. The number of rotatable bonds is 6. The smallest absolute Gasteiger partial charge is 0.188 e. The Kier molecular flexibility index (Phi) is 5.77. The van der Waals surface area contributed by atoms with Crippen molar-refractivity contribution in [3.63, 3.8) is 0 Å². The third-order valence-electron chi connectivity index (χ3n) is 4.68. The van der Waals surface area contributed by atoms with Crippen LogP contribution in [-0.4, -0.2) is 25.6 Å². The van der Waals surface area contributed by atoms with Gasteiger partial charge in [-0.3, -0.25) is 0 Å². The van der Waals surface area contributed by atoms with E-state index in [0.717, 1.165) is 11.8 Å². The summed E-state index contributed by atoms with van der Waals surface area (Å²) in [6.07, 6.45) is 1.13. The molecule has 0 fully saturated rings. The summed E-state index contributed by atoms with van der Waals surface area (Å²) in [6.45, 7) is 0. The number of hydrogen-bond acceptors (Lipinski definition) is 7. The first kappa shape index (κ1) is 21.7. The van der Waals surface area contributed by atoms with Gasteiger partial charge in [0.25, 0.3) is 0 Å². The second-order valence-electron chi connectivity index (χ2n) is 6.96. The summed E-state index contributed by atoms with van der Waals surface area (Å²) < 4.78 is 37.0. The number of aromatic nitrogens is 1. The molecule has 0 radical (unpaired) electrons. The van der Waals surface area contributed by atoms with Gasteiger partial charge < -0.3 is 15.2 Å². The highest BCUT2D eigenvalue weighted by Crippen LogP contribution is 2.40. The van der Waals surface area contributed by atoms with Crippen molar-refractivity contribution in [3.05, 3.63) is 84.2 Å². The molecule has 1 heterocycles. The van der Waals surface area contributed by atoms with Crippen LogP contribution in [0.15, 0.2) is 77.7 Å². The van der Waals surface area contributed by atoms with Gasteiger partial charge in [0.05, 0.1) is 21.4 Å². The molecule has 6 nitrogen and oxygen atoms in total. The van der Waals surface area contributed by atoms with E-state index in [1.54, 1.807) is 42.5 Å². The molecule has 0 aliphatic rings. The summed E-state index contributed by atoms with van der Waals surface area (Å²) in [7, 11) is -3.34. The summed E-state index contributed by atoms with van der Waals surface area (Å²) in [5.41, 5.74) is 2.24. The molecule has 0 amide bonds. The Morgan fingerprint density at radius 2 is 1.59 bits per heavy atom. The lowest BCUT2D eigenvalue weighted by Gasteiger charge is -2.10. The monoisotopic (exact) mass is 467 g/mol. The lowest BCUT2D eigenvalue weighted by molar-refractivity contribution is -0.254. The van der Waals surface area contributed by atoms with Crippen molar-refractivity contribution in [2.45, 2.75) is 4.90 Å². The van der Waals surface area contributed by atoms with E-state index >= 15 is 0 Å². The molecular formula is C23H16FN2O4S2-. The Labute approximate surface area is 187 Å². The van der Waals surface area contributed by atoms with Gasteiger partial charge in [-0.15, -0.1) is 0 Å². The number of anilines is 2. The Morgan fingerprint density at radius 1 is 0.969 bits per heavy atom. The van der Waals surface area contributed by atoms with Crippen LogP contribution in [0, 0.1) is 5.82 Å². The number of thiazole rings is 1. The largest absolute Gasteiger partial charge is 0.545 e. The number of nitrogens with zero attached hydrogens (tertiary/aromatic N) is 1. The molecule has 4 rings (SSSR count). The van der Waals surface area contributed by atoms with E-state index in [4.69, 9.17) is 0 Å². The number of aromatic carboxylic acids is 1. The van der Waals surface area contributed by atoms with Gasteiger partial charge in [-0.05, 0) is 48.0 Å². The van der Waals surface area contributed by atoms with Crippen molar-refractivity contribution in [2.24, 2.45) is 0 Å². The van der Waals surface area contributed by atoms with Crippen molar-refractivity contribution in [2.75, 3.05) is 11.6 Å². The second-order valence-corrected chi connectivity index (χ2v) is 9.97. The van der Waals surface area contributed by atoms with Gasteiger partial charge in [-0.25, -0.2) is 17.8 Å².